The van der Waals surface area contributed by atoms with E-state index in [2.05, 4.69) is 15.6 Å². The molecule has 0 bridgehead atoms. The highest BCUT2D eigenvalue weighted by Crippen LogP contribution is 2.26. The van der Waals surface area contributed by atoms with Gasteiger partial charge in [0.15, 0.2) is 10.7 Å². The van der Waals surface area contributed by atoms with E-state index in [1.54, 1.807) is 12.1 Å². The maximum Gasteiger partial charge on any atom is 0.250 e. The summed E-state index contributed by atoms with van der Waals surface area (Å²) in [5.74, 6) is 1.48. The number of rotatable bonds is 5. The molecule has 6 nitrogen and oxygen atoms in total. The molecule has 0 saturated carbocycles. The van der Waals surface area contributed by atoms with Crippen molar-refractivity contribution in [2.75, 3.05) is 5.32 Å². The van der Waals surface area contributed by atoms with Crippen molar-refractivity contribution < 1.29 is 13.6 Å². The molecule has 2 aromatic heterocycles. The van der Waals surface area contributed by atoms with E-state index in [0.29, 0.717) is 28.4 Å². The first-order chi connectivity index (χ1) is 17.0. The van der Waals surface area contributed by atoms with Crippen molar-refractivity contribution in [1.29, 1.82) is 0 Å². The number of hydrogen-bond donors (Lipinski definition) is 2. The van der Waals surface area contributed by atoms with Crippen molar-refractivity contribution in [3.63, 3.8) is 0 Å². The van der Waals surface area contributed by atoms with E-state index in [0.717, 1.165) is 16.9 Å². The van der Waals surface area contributed by atoms with E-state index in [4.69, 9.17) is 21.1 Å². The Morgan fingerprint density at radius 3 is 2.51 bits per heavy atom. The smallest absolute Gasteiger partial charge is 0.250 e. The molecule has 0 atom stereocenters. The van der Waals surface area contributed by atoms with E-state index < -0.39 is 0 Å². The second kappa shape index (κ2) is 9.79. The molecular formula is C28H21N3O3S. The van der Waals surface area contributed by atoms with Crippen molar-refractivity contribution in [2.45, 2.75) is 6.92 Å². The van der Waals surface area contributed by atoms with Crippen molar-refractivity contribution in [1.82, 2.24) is 10.3 Å². The summed E-state index contributed by atoms with van der Waals surface area (Å²) >= 11 is 5.28. The van der Waals surface area contributed by atoms with E-state index >= 15 is 0 Å². The first-order valence-electron chi connectivity index (χ1n) is 11.0. The Kier molecular flexibility index (Phi) is 6.24. The minimum Gasteiger partial charge on any atom is -0.457 e. The molecule has 0 fully saturated rings. The monoisotopic (exact) mass is 479 g/mol. The Morgan fingerprint density at radius 2 is 1.71 bits per heavy atom. The maximum absolute atomic E-state index is 12.3. The average molecular weight is 480 g/mol. The number of thiocarbonyl (C=S) groups is 1. The zero-order valence-electron chi connectivity index (χ0n) is 18.8. The van der Waals surface area contributed by atoms with E-state index in [1.807, 2.05) is 85.8 Å². The van der Waals surface area contributed by atoms with Crippen LogP contribution in [0.5, 0.6) is 0 Å². The van der Waals surface area contributed by atoms with Crippen molar-refractivity contribution in [3.8, 4) is 22.8 Å². The molecule has 7 heteroatoms. The van der Waals surface area contributed by atoms with Gasteiger partial charge in [-0.3, -0.25) is 10.1 Å². The van der Waals surface area contributed by atoms with Crippen LogP contribution in [0.4, 0.5) is 5.69 Å². The number of nitrogens with zero attached hydrogens (tertiary/aromatic N) is 1. The highest BCUT2D eigenvalue weighted by atomic mass is 32.1. The number of anilines is 1. The summed E-state index contributed by atoms with van der Waals surface area (Å²) < 4.78 is 11.6. The lowest BCUT2D eigenvalue weighted by atomic mass is 10.1. The summed E-state index contributed by atoms with van der Waals surface area (Å²) in [6, 6.07) is 26.8. The van der Waals surface area contributed by atoms with Crippen LogP contribution < -0.4 is 10.6 Å². The van der Waals surface area contributed by atoms with E-state index in [-0.39, 0.29) is 11.0 Å². The van der Waals surface area contributed by atoms with Gasteiger partial charge in [-0.25, -0.2) is 4.98 Å². The molecule has 0 saturated heterocycles. The normalized spacial score (nSPS) is 11.1. The predicted molar refractivity (Wildman–Crippen MR) is 142 cm³/mol. The van der Waals surface area contributed by atoms with Crippen LogP contribution in [0, 0.1) is 6.92 Å². The summed E-state index contributed by atoms with van der Waals surface area (Å²) in [7, 11) is 0. The number of carbonyl (C=O) groups excluding carboxylic acids is 1. The quantitative estimate of drug-likeness (QED) is 0.219. The van der Waals surface area contributed by atoms with Gasteiger partial charge >= 0.3 is 0 Å². The van der Waals surface area contributed by atoms with Crippen molar-refractivity contribution in [3.05, 3.63) is 102 Å². The third kappa shape index (κ3) is 5.37. The standard InChI is InChI=1S/C28H21N3O3S/c1-18-7-9-20(10-8-18)27-30-23-17-21(11-14-25(23)34-27)29-28(35)31-26(32)16-13-22-12-15-24(33-22)19-5-3-2-4-6-19/h2-17H,1H3,(H2,29,31,32,35)/b16-13+. The van der Waals surface area contributed by atoms with Crippen LogP contribution in [0.3, 0.4) is 0 Å². The van der Waals surface area contributed by atoms with Crippen molar-refractivity contribution in [2.24, 2.45) is 0 Å². The zero-order valence-corrected chi connectivity index (χ0v) is 19.6. The topological polar surface area (TPSA) is 80.3 Å². The minimum absolute atomic E-state index is 0.172. The van der Waals surface area contributed by atoms with Gasteiger partial charge in [0.05, 0.1) is 0 Å². The lowest BCUT2D eigenvalue weighted by molar-refractivity contribution is -0.115. The fourth-order valence-electron chi connectivity index (χ4n) is 3.50. The Balaban J connectivity index is 1.20. The van der Waals surface area contributed by atoms with Gasteiger partial charge in [-0.2, -0.15) is 0 Å². The molecule has 2 heterocycles. The first-order valence-corrected chi connectivity index (χ1v) is 11.4. The average Bonchev–Trinajstić information content (AvgIpc) is 3.51. The van der Waals surface area contributed by atoms with Crippen LogP contribution in [-0.2, 0) is 4.79 Å². The van der Waals surface area contributed by atoms with Gasteiger partial charge < -0.3 is 14.2 Å². The molecule has 0 radical (unpaired) electrons. The summed E-state index contributed by atoms with van der Waals surface area (Å²) in [4.78, 5) is 16.9. The fraction of sp³-hybridized carbons (Fsp3) is 0.0357. The molecule has 2 N–H and O–H groups in total. The van der Waals surface area contributed by atoms with Gasteiger partial charge in [0.25, 0.3) is 0 Å². The molecule has 35 heavy (non-hydrogen) atoms. The van der Waals surface area contributed by atoms with Gasteiger partial charge in [0, 0.05) is 22.9 Å². The van der Waals surface area contributed by atoms with Gasteiger partial charge in [0.1, 0.15) is 17.0 Å². The molecule has 172 valence electrons. The molecule has 3 aromatic carbocycles. The van der Waals surface area contributed by atoms with Crippen LogP contribution in [0.1, 0.15) is 11.3 Å². The molecular weight excluding hydrogens is 458 g/mol. The molecule has 0 unspecified atom stereocenters. The lowest BCUT2D eigenvalue weighted by Gasteiger charge is -2.07. The second-order valence-electron chi connectivity index (χ2n) is 7.91. The summed E-state index contributed by atoms with van der Waals surface area (Å²) in [6.07, 6.45) is 2.97. The minimum atomic E-state index is -0.371. The third-order valence-electron chi connectivity index (χ3n) is 5.26. The van der Waals surface area contributed by atoms with Gasteiger partial charge in [-0.1, -0.05) is 48.0 Å². The number of benzene rings is 3. The molecule has 5 aromatic rings. The van der Waals surface area contributed by atoms with Crippen molar-refractivity contribution >= 4 is 46.1 Å². The Labute approximate surface area is 207 Å². The zero-order chi connectivity index (χ0) is 24.2. The van der Waals surface area contributed by atoms with E-state index in [1.165, 1.54) is 11.6 Å². The van der Waals surface area contributed by atoms with Crippen LogP contribution >= 0.6 is 12.2 Å². The van der Waals surface area contributed by atoms with Gasteiger partial charge in [0.2, 0.25) is 11.8 Å². The summed E-state index contributed by atoms with van der Waals surface area (Å²) in [5, 5.41) is 5.81. The Bertz CT molecular complexity index is 1530. The van der Waals surface area contributed by atoms with Crippen LogP contribution in [0.25, 0.3) is 40.0 Å². The molecule has 1 amide bonds. The third-order valence-corrected chi connectivity index (χ3v) is 5.47. The SMILES string of the molecule is Cc1ccc(-c2nc3cc(NC(=S)NC(=O)/C=C/c4ccc(-c5ccccc5)o4)ccc3o2)cc1. The molecule has 0 aliphatic rings. The maximum atomic E-state index is 12.3. The number of fused-ring (bicyclic) bond motifs is 1. The van der Waals surface area contributed by atoms with Crippen LogP contribution in [-0.4, -0.2) is 16.0 Å². The van der Waals surface area contributed by atoms with Gasteiger partial charge in [-0.05, 0) is 67.7 Å². The van der Waals surface area contributed by atoms with Gasteiger partial charge in [-0.15, -0.1) is 0 Å². The summed E-state index contributed by atoms with van der Waals surface area (Å²) in [6.45, 7) is 2.03. The molecule has 0 aliphatic carbocycles. The van der Waals surface area contributed by atoms with E-state index in [9.17, 15) is 4.79 Å². The molecule has 5 rings (SSSR count). The fourth-order valence-corrected chi connectivity index (χ4v) is 3.72. The highest BCUT2D eigenvalue weighted by Gasteiger charge is 2.10. The van der Waals surface area contributed by atoms with Crippen LogP contribution in [0.15, 0.2) is 99.8 Å². The Hall–Kier alpha value is -4.49. The molecule has 0 spiro atoms. The predicted octanol–water partition coefficient (Wildman–Crippen LogP) is 6.59. The number of hydrogen-bond acceptors (Lipinski definition) is 5. The largest absolute Gasteiger partial charge is 0.457 e. The number of furan rings is 1. The number of aryl methyl sites for hydroxylation is 1. The number of oxazole rings is 1. The van der Waals surface area contributed by atoms with Crippen LogP contribution in [0.2, 0.25) is 0 Å². The number of nitrogens with one attached hydrogen (secondary N) is 2. The Morgan fingerprint density at radius 1 is 0.914 bits per heavy atom. The number of carbonyl (C=O) groups is 1. The number of amides is 1. The summed E-state index contributed by atoms with van der Waals surface area (Å²) in [5.41, 5.74) is 5.08. The second-order valence-corrected chi connectivity index (χ2v) is 8.32. The number of aromatic nitrogens is 1. The lowest BCUT2D eigenvalue weighted by Crippen LogP contribution is -2.32. The molecule has 0 aliphatic heterocycles. The highest BCUT2D eigenvalue weighted by molar-refractivity contribution is 7.80. The first kappa shape index (κ1) is 22.3.